The van der Waals surface area contributed by atoms with E-state index in [4.69, 9.17) is 0 Å². The monoisotopic (exact) mass is 155 g/mol. The van der Waals surface area contributed by atoms with Crippen LogP contribution in [-0.4, -0.2) is 20.1 Å². The highest BCUT2D eigenvalue weighted by Gasteiger charge is 1.90. The molecule has 0 heterocycles. The molecule has 62 valence electrons. The van der Waals surface area contributed by atoms with Crippen molar-refractivity contribution in [3.05, 3.63) is 24.3 Å². The van der Waals surface area contributed by atoms with Crippen LogP contribution in [0.2, 0.25) is 0 Å². The highest BCUT2D eigenvalue weighted by molar-refractivity contribution is 5.87. The minimum absolute atomic E-state index is 0.426. The van der Waals surface area contributed by atoms with Crippen molar-refractivity contribution in [2.75, 3.05) is 14.2 Å². The van der Waals surface area contributed by atoms with Gasteiger partial charge >= 0.3 is 0 Å². The van der Waals surface area contributed by atoms with E-state index in [0.717, 1.165) is 5.57 Å². The first-order valence-electron chi connectivity index (χ1n) is 3.21. The summed E-state index contributed by atoms with van der Waals surface area (Å²) < 4.78 is 0. The topological polar surface area (TPSA) is 30.8 Å². The zero-order valence-corrected chi connectivity index (χ0v) is 7.13. The van der Waals surface area contributed by atoms with Gasteiger partial charge in [-0.2, -0.15) is 4.89 Å². The Bertz CT molecular complexity index is 183. The van der Waals surface area contributed by atoms with Gasteiger partial charge in [0.1, 0.15) is 0 Å². The summed E-state index contributed by atoms with van der Waals surface area (Å²) in [4.78, 5) is 12.9. The van der Waals surface area contributed by atoms with E-state index in [-0.39, 0.29) is 0 Å². The molecule has 0 saturated heterocycles. The molecule has 3 nitrogen and oxygen atoms in total. The van der Waals surface area contributed by atoms with E-state index in [1.165, 1.54) is 7.11 Å². The van der Waals surface area contributed by atoms with E-state index >= 15 is 0 Å². The van der Waals surface area contributed by atoms with Gasteiger partial charge in [0.15, 0.2) is 0 Å². The molecule has 0 radical (unpaired) electrons. The van der Waals surface area contributed by atoms with E-state index in [1.807, 2.05) is 6.92 Å². The molecular formula is C8H13NO2. The summed E-state index contributed by atoms with van der Waals surface area (Å²) in [5.74, 6) is 0.426. The second-order valence-electron chi connectivity index (χ2n) is 1.99. The summed E-state index contributed by atoms with van der Waals surface area (Å²) in [6, 6.07) is 0. The van der Waals surface area contributed by atoms with Crippen molar-refractivity contribution in [1.29, 1.82) is 0 Å². The zero-order chi connectivity index (χ0) is 8.69. The lowest BCUT2D eigenvalue weighted by Gasteiger charge is -1.97. The molecule has 0 unspecified atom stereocenters. The molecule has 0 aliphatic rings. The van der Waals surface area contributed by atoms with E-state index in [0.29, 0.717) is 5.90 Å². The van der Waals surface area contributed by atoms with Gasteiger partial charge in [0.05, 0.1) is 7.11 Å². The first-order valence-corrected chi connectivity index (χ1v) is 3.21. The highest BCUT2D eigenvalue weighted by atomic mass is 17.2. The van der Waals surface area contributed by atoms with Crippen LogP contribution in [0.4, 0.5) is 0 Å². The number of rotatable bonds is 3. The Balaban J connectivity index is 3.98. The minimum atomic E-state index is 0.426. The predicted molar refractivity (Wildman–Crippen MR) is 45.4 cm³/mol. The lowest BCUT2D eigenvalue weighted by atomic mass is 10.3. The molecule has 0 N–H and O–H groups in total. The Morgan fingerprint density at radius 2 is 2.09 bits per heavy atom. The average Bonchev–Trinajstić information content (AvgIpc) is 1.97. The molecule has 0 aromatic heterocycles. The quantitative estimate of drug-likeness (QED) is 0.204. The van der Waals surface area contributed by atoms with Gasteiger partial charge in [0.2, 0.25) is 0 Å². The Labute approximate surface area is 67.0 Å². The third kappa shape index (κ3) is 5.36. The van der Waals surface area contributed by atoms with Crippen LogP contribution in [0.25, 0.3) is 0 Å². The lowest BCUT2D eigenvalue weighted by Crippen LogP contribution is -1.99. The van der Waals surface area contributed by atoms with Crippen LogP contribution in [-0.2, 0) is 9.78 Å². The summed E-state index contributed by atoms with van der Waals surface area (Å²) in [5, 5.41) is 0. The fraction of sp³-hybridized carbons (Fsp3) is 0.375. The Morgan fingerprint density at radius 3 is 2.45 bits per heavy atom. The van der Waals surface area contributed by atoms with E-state index in [1.54, 1.807) is 19.2 Å². The minimum Gasteiger partial charge on any atom is -0.318 e. The average molecular weight is 155 g/mol. The molecule has 0 fully saturated rings. The maximum atomic E-state index is 4.66. The molecule has 0 amide bonds. The molecule has 0 aliphatic heterocycles. The SMILES string of the molecule is C=C(C)/C=C\C(=NC)OOC. The molecule has 0 rings (SSSR count). The van der Waals surface area contributed by atoms with Crippen molar-refractivity contribution < 1.29 is 9.78 Å². The van der Waals surface area contributed by atoms with E-state index in [9.17, 15) is 0 Å². The van der Waals surface area contributed by atoms with E-state index in [2.05, 4.69) is 21.3 Å². The number of hydrogen-bond acceptors (Lipinski definition) is 3. The Hall–Kier alpha value is -1.09. The number of aliphatic imine (C=N–C) groups is 1. The molecule has 0 atom stereocenters. The van der Waals surface area contributed by atoms with Crippen molar-refractivity contribution in [2.24, 2.45) is 4.99 Å². The molecule has 0 saturated carbocycles. The zero-order valence-electron chi connectivity index (χ0n) is 7.13. The van der Waals surface area contributed by atoms with Crippen molar-refractivity contribution in [3.63, 3.8) is 0 Å². The predicted octanol–water partition coefficient (Wildman–Crippen LogP) is 1.72. The molecular weight excluding hydrogens is 142 g/mol. The van der Waals surface area contributed by atoms with Crippen LogP contribution in [0, 0.1) is 0 Å². The highest BCUT2D eigenvalue weighted by Crippen LogP contribution is 1.91. The van der Waals surface area contributed by atoms with Crippen molar-refractivity contribution >= 4 is 5.90 Å². The fourth-order valence-electron chi connectivity index (χ4n) is 0.439. The van der Waals surface area contributed by atoms with Crippen molar-refractivity contribution in [3.8, 4) is 0 Å². The lowest BCUT2D eigenvalue weighted by molar-refractivity contribution is -0.193. The number of nitrogens with zero attached hydrogens (tertiary/aromatic N) is 1. The van der Waals surface area contributed by atoms with Crippen molar-refractivity contribution in [2.45, 2.75) is 6.92 Å². The molecule has 11 heavy (non-hydrogen) atoms. The van der Waals surface area contributed by atoms with Crippen LogP contribution in [0.5, 0.6) is 0 Å². The second-order valence-corrected chi connectivity index (χ2v) is 1.99. The van der Waals surface area contributed by atoms with Gasteiger partial charge in [-0.15, -0.1) is 0 Å². The van der Waals surface area contributed by atoms with Crippen LogP contribution in [0.3, 0.4) is 0 Å². The largest absolute Gasteiger partial charge is 0.318 e. The molecule has 0 spiro atoms. The van der Waals surface area contributed by atoms with Crippen LogP contribution in [0.1, 0.15) is 6.92 Å². The third-order valence-corrected chi connectivity index (χ3v) is 0.900. The smallest absolute Gasteiger partial charge is 0.251 e. The van der Waals surface area contributed by atoms with E-state index < -0.39 is 0 Å². The maximum absolute atomic E-state index is 4.66. The van der Waals surface area contributed by atoms with Gasteiger partial charge in [-0.3, -0.25) is 4.99 Å². The third-order valence-electron chi connectivity index (χ3n) is 0.900. The first-order chi connectivity index (χ1) is 5.20. The number of allylic oxidation sites excluding steroid dienone is 2. The summed E-state index contributed by atoms with van der Waals surface area (Å²) in [6.45, 7) is 5.57. The van der Waals surface area contributed by atoms with Crippen LogP contribution < -0.4 is 0 Å². The molecule has 0 aliphatic carbocycles. The molecule has 0 aromatic rings. The summed E-state index contributed by atoms with van der Waals surface area (Å²) >= 11 is 0. The van der Waals surface area contributed by atoms with Gasteiger partial charge < -0.3 is 4.89 Å². The van der Waals surface area contributed by atoms with Gasteiger partial charge in [0.25, 0.3) is 5.90 Å². The standard InChI is InChI=1S/C8H13NO2/c1-7(2)5-6-8(9-3)11-10-4/h5-6H,1H2,2-4H3/b6-5-,9-8?. The molecule has 0 aromatic carbocycles. The molecule has 3 heteroatoms. The van der Waals surface area contributed by atoms with Gasteiger partial charge in [-0.05, 0) is 6.92 Å². The van der Waals surface area contributed by atoms with Gasteiger partial charge in [0, 0.05) is 13.1 Å². The van der Waals surface area contributed by atoms with Crippen molar-refractivity contribution in [1.82, 2.24) is 0 Å². The summed E-state index contributed by atoms with van der Waals surface area (Å²) in [6.07, 6.45) is 3.48. The van der Waals surface area contributed by atoms with Gasteiger partial charge in [-0.25, -0.2) is 0 Å². The summed E-state index contributed by atoms with van der Waals surface area (Å²) in [7, 11) is 3.05. The molecule has 0 bridgehead atoms. The fourth-order valence-corrected chi connectivity index (χ4v) is 0.439. The maximum Gasteiger partial charge on any atom is 0.251 e. The first kappa shape index (κ1) is 9.91. The Morgan fingerprint density at radius 1 is 1.45 bits per heavy atom. The summed E-state index contributed by atoms with van der Waals surface area (Å²) in [5.41, 5.74) is 0.936. The number of hydrogen-bond donors (Lipinski definition) is 0. The van der Waals surface area contributed by atoms with Crippen LogP contribution >= 0.6 is 0 Å². The second kappa shape index (κ2) is 5.68. The van der Waals surface area contributed by atoms with Crippen LogP contribution in [0.15, 0.2) is 29.3 Å². The normalized spacial score (nSPS) is 12.1. The van der Waals surface area contributed by atoms with Gasteiger partial charge in [-0.1, -0.05) is 18.2 Å². The Kier molecular flexibility index (Phi) is 5.11.